The molecule has 0 spiro atoms. The van der Waals surface area contributed by atoms with Crippen LogP contribution in [0, 0.1) is 0 Å². The molecule has 2 aromatic carbocycles. The number of carbonyl (C=O) groups excluding carboxylic acids is 8. The lowest BCUT2D eigenvalue weighted by molar-refractivity contribution is -0.186. The van der Waals surface area contributed by atoms with Gasteiger partial charge in [-0.05, 0) is 90.4 Å². The van der Waals surface area contributed by atoms with Gasteiger partial charge in [0.05, 0.1) is 24.9 Å². The lowest BCUT2D eigenvalue weighted by Gasteiger charge is -2.33. The van der Waals surface area contributed by atoms with Gasteiger partial charge in [0.15, 0.2) is 0 Å². The van der Waals surface area contributed by atoms with Crippen molar-refractivity contribution < 1.29 is 64.7 Å². The van der Waals surface area contributed by atoms with Gasteiger partial charge in [0, 0.05) is 64.4 Å². The number of benzene rings is 2. The van der Waals surface area contributed by atoms with Crippen LogP contribution in [0.4, 0.5) is 26.3 Å². The van der Waals surface area contributed by atoms with Crippen molar-refractivity contribution in [3.05, 3.63) is 71.8 Å². The number of rotatable bonds is 31. The number of halogens is 6. The quantitative estimate of drug-likeness (QED) is 0.0474. The van der Waals surface area contributed by atoms with Crippen molar-refractivity contribution in [2.24, 2.45) is 0 Å². The number of nitrogens with zero attached hydrogens (tertiary/aromatic N) is 4. The molecule has 2 aliphatic rings. The minimum atomic E-state index is -5.13. The highest BCUT2D eigenvalue weighted by Crippen LogP contribution is 2.26. The van der Waals surface area contributed by atoms with Crippen molar-refractivity contribution in [1.29, 1.82) is 0 Å². The second-order valence-corrected chi connectivity index (χ2v) is 20.0. The smallest absolute Gasteiger partial charge is 0.356 e. The molecule has 2 saturated heterocycles. The summed E-state index contributed by atoms with van der Waals surface area (Å²) < 4.78 is 82.5. The standard InChI is InChI=1S/C54H78F6N10O8/c1-37(61-3)47(73)65-43(49(75)69-29-17-23-41(69)35-67(51(77)53(55,56)57)31-25-39-19-11-9-12-20-39)33-45(71)63-27-15-7-5-6-8-16-28-64-46(72)34-44(66-48(74)38(2)62-4)50(76)70-30-18-24-42(70)36-68(52(78)54(58,59)60)32-26-40-21-13-10-14-22-40/h9-14,19-22,37-38,41-44,61-62H,5-8,15-18,23-36H2,1-4H3,(H,63,71)(H,64,72)(H,65,73)(H,66,74)/t37-,38+,41-,42-,43-,44-/m0/s1. The zero-order chi connectivity index (χ0) is 57.4. The van der Waals surface area contributed by atoms with E-state index in [0.29, 0.717) is 48.3 Å². The van der Waals surface area contributed by atoms with E-state index in [1.54, 1.807) is 88.6 Å². The number of nitrogens with one attached hydrogen (secondary N) is 6. The molecule has 0 aliphatic carbocycles. The van der Waals surface area contributed by atoms with Crippen LogP contribution in [0.25, 0.3) is 0 Å². The Labute approximate surface area is 452 Å². The molecule has 2 fully saturated rings. The van der Waals surface area contributed by atoms with Crippen LogP contribution in [0.3, 0.4) is 0 Å². The van der Waals surface area contributed by atoms with E-state index in [4.69, 9.17) is 0 Å². The summed E-state index contributed by atoms with van der Waals surface area (Å²) in [5.41, 5.74) is 1.47. The second-order valence-electron chi connectivity index (χ2n) is 20.0. The van der Waals surface area contributed by atoms with Gasteiger partial charge in [-0.1, -0.05) is 86.3 Å². The predicted molar refractivity (Wildman–Crippen MR) is 279 cm³/mol. The maximum atomic E-state index is 14.0. The highest BCUT2D eigenvalue weighted by Gasteiger charge is 2.46. The zero-order valence-electron chi connectivity index (χ0n) is 45.1. The Kier molecular flexibility index (Phi) is 26.3. The van der Waals surface area contributed by atoms with Gasteiger partial charge >= 0.3 is 24.2 Å². The van der Waals surface area contributed by atoms with Gasteiger partial charge in [0.2, 0.25) is 35.4 Å². The molecule has 2 aliphatic heterocycles. The van der Waals surface area contributed by atoms with Crippen LogP contribution in [0.5, 0.6) is 0 Å². The number of alkyl halides is 6. The molecule has 6 N–H and O–H groups in total. The number of likely N-dealkylation sites (tertiary alicyclic amines) is 2. The summed E-state index contributed by atoms with van der Waals surface area (Å²) >= 11 is 0. The Morgan fingerprint density at radius 3 is 1.23 bits per heavy atom. The second kappa shape index (κ2) is 31.9. The first-order valence-electron chi connectivity index (χ1n) is 26.9. The zero-order valence-corrected chi connectivity index (χ0v) is 45.1. The Morgan fingerprint density at radius 2 is 0.897 bits per heavy atom. The van der Waals surface area contributed by atoms with Gasteiger partial charge in [-0.25, -0.2) is 0 Å². The normalized spacial score (nSPS) is 17.1. The third-order valence-corrected chi connectivity index (χ3v) is 14.2. The number of carbonyl (C=O) groups is 8. The summed E-state index contributed by atoms with van der Waals surface area (Å²) in [7, 11) is 3.09. The molecule has 0 radical (unpaired) electrons. The molecule has 0 aromatic heterocycles. The topological polar surface area (TPSA) is 222 Å². The van der Waals surface area contributed by atoms with E-state index in [-0.39, 0.29) is 65.2 Å². The highest BCUT2D eigenvalue weighted by atomic mass is 19.4. The molecule has 4 rings (SSSR count). The molecule has 18 nitrogen and oxygen atoms in total. The molecule has 0 unspecified atom stereocenters. The first kappa shape index (κ1) is 64.2. The lowest BCUT2D eigenvalue weighted by atomic mass is 10.1. The molecule has 0 bridgehead atoms. The fourth-order valence-corrected chi connectivity index (χ4v) is 9.45. The van der Waals surface area contributed by atoms with Crippen LogP contribution in [-0.4, -0.2) is 182 Å². The van der Waals surface area contributed by atoms with Crippen LogP contribution >= 0.6 is 0 Å². The van der Waals surface area contributed by atoms with Crippen molar-refractivity contribution in [1.82, 2.24) is 51.5 Å². The first-order valence-corrected chi connectivity index (χ1v) is 26.9. The van der Waals surface area contributed by atoms with Gasteiger partial charge in [-0.2, -0.15) is 26.3 Å². The van der Waals surface area contributed by atoms with Crippen LogP contribution in [0.15, 0.2) is 60.7 Å². The van der Waals surface area contributed by atoms with Crippen LogP contribution < -0.4 is 31.9 Å². The van der Waals surface area contributed by atoms with E-state index in [2.05, 4.69) is 31.9 Å². The van der Waals surface area contributed by atoms with Gasteiger partial charge in [-0.15, -0.1) is 0 Å². The van der Waals surface area contributed by atoms with Gasteiger partial charge in [0.25, 0.3) is 0 Å². The minimum Gasteiger partial charge on any atom is -0.356 e. The van der Waals surface area contributed by atoms with Crippen LogP contribution in [0.2, 0.25) is 0 Å². The Hall–Kier alpha value is -6.30. The third-order valence-electron chi connectivity index (χ3n) is 14.2. The minimum absolute atomic E-state index is 0.161. The molecule has 2 heterocycles. The maximum absolute atomic E-state index is 14.0. The van der Waals surface area contributed by atoms with E-state index < -0.39 is 109 Å². The number of hydrogen-bond acceptors (Lipinski definition) is 10. The molecule has 2 aromatic rings. The molecule has 8 amide bonds. The number of likely N-dealkylation sites (N-methyl/N-ethyl adjacent to an activating group) is 2. The highest BCUT2D eigenvalue weighted by molar-refractivity contribution is 5.94. The molecule has 6 atom stereocenters. The average Bonchev–Trinajstić information content (AvgIpc) is 4.11. The summed E-state index contributed by atoms with van der Waals surface area (Å²) in [6, 6.07) is 11.8. The summed E-state index contributed by atoms with van der Waals surface area (Å²) in [6.45, 7) is 2.75. The van der Waals surface area contributed by atoms with Crippen molar-refractivity contribution in [2.75, 3.05) is 66.5 Å². The van der Waals surface area contributed by atoms with Crippen LogP contribution in [0.1, 0.15) is 102 Å². The van der Waals surface area contributed by atoms with Crippen molar-refractivity contribution in [3.8, 4) is 0 Å². The molecule has 78 heavy (non-hydrogen) atoms. The lowest BCUT2D eigenvalue weighted by Crippen LogP contribution is -2.56. The van der Waals surface area contributed by atoms with Gasteiger partial charge < -0.3 is 51.5 Å². The van der Waals surface area contributed by atoms with Gasteiger partial charge in [-0.3, -0.25) is 38.4 Å². The molecule has 0 saturated carbocycles. The summed E-state index contributed by atoms with van der Waals surface area (Å²) in [5, 5.41) is 16.4. The van der Waals surface area contributed by atoms with Crippen LogP contribution in [-0.2, 0) is 51.2 Å². The predicted octanol–water partition coefficient (Wildman–Crippen LogP) is 3.77. The Balaban J connectivity index is 1.23. The SMILES string of the molecule is CN[C@@H](C)C(=O)N[C@@H](CC(=O)NCCCCCCCCNC(=O)C[C@H](NC(=O)[C@@H](C)NC)C(=O)N1CCC[C@H]1CN(CCc1ccccc1)C(=O)C(F)(F)F)C(=O)N1CCC[C@H]1CN(CCc1ccccc1)C(=O)C(F)(F)F. The van der Waals surface area contributed by atoms with Crippen molar-refractivity contribution in [2.45, 2.75) is 152 Å². The summed E-state index contributed by atoms with van der Waals surface area (Å²) in [4.78, 5) is 110. The number of hydrogen-bond donors (Lipinski definition) is 6. The van der Waals surface area contributed by atoms with E-state index in [0.717, 1.165) is 36.8 Å². The monoisotopic (exact) mass is 1110 g/mol. The molecule has 434 valence electrons. The van der Waals surface area contributed by atoms with E-state index in [9.17, 15) is 64.7 Å². The summed E-state index contributed by atoms with van der Waals surface area (Å²) in [6.07, 6.45) is -5.10. The first-order chi connectivity index (χ1) is 37.0. The fraction of sp³-hybridized carbons (Fsp3) is 0.630. The number of amides is 8. The largest absolute Gasteiger partial charge is 0.471 e. The fourth-order valence-electron chi connectivity index (χ4n) is 9.45. The molecule has 24 heteroatoms. The van der Waals surface area contributed by atoms with Crippen molar-refractivity contribution in [3.63, 3.8) is 0 Å². The van der Waals surface area contributed by atoms with E-state index in [1.165, 1.54) is 9.80 Å². The Morgan fingerprint density at radius 1 is 0.551 bits per heavy atom. The molecular formula is C54H78F6N10O8. The van der Waals surface area contributed by atoms with E-state index in [1.807, 2.05) is 0 Å². The average molecular weight is 1110 g/mol. The van der Waals surface area contributed by atoms with Crippen molar-refractivity contribution >= 4 is 47.3 Å². The maximum Gasteiger partial charge on any atom is 0.471 e. The number of unbranched alkanes of at least 4 members (excludes halogenated alkanes) is 5. The Bertz CT molecular complexity index is 2110. The third kappa shape index (κ3) is 21.2. The molecular weight excluding hydrogens is 1030 g/mol. The van der Waals surface area contributed by atoms with Gasteiger partial charge in [0.1, 0.15) is 12.1 Å². The summed E-state index contributed by atoms with van der Waals surface area (Å²) in [5.74, 6) is -7.47. The van der Waals surface area contributed by atoms with E-state index >= 15 is 0 Å².